The van der Waals surface area contributed by atoms with Crippen LogP contribution in [0.4, 0.5) is 4.39 Å². The van der Waals surface area contributed by atoms with E-state index in [1.54, 1.807) is 6.07 Å². The first-order valence-electron chi connectivity index (χ1n) is 5.28. The smallest absolute Gasteiger partial charge is 0.124 e. The number of rotatable bonds is 5. The van der Waals surface area contributed by atoms with Gasteiger partial charge in [-0.05, 0) is 44.5 Å². The van der Waals surface area contributed by atoms with Crippen LogP contribution in [0.15, 0.2) is 30.4 Å². The van der Waals surface area contributed by atoms with Gasteiger partial charge in [-0.15, -0.1) is 6.58 Å². The zero-order valence-electron chi connectivity index (χ0n) is 9.69. The number of likely N-dealkylation sites (N-methyl/N-ethyl adjacent to an activating group) is 1. The van der Waals surface area contributed by atoms with Gasteiger partial charge in [0, 0.05) is 11.1 Å². The van der Waals surface area contributed by atoms with Crippen molar-refractivity contribution in [3.05, 3.63) is 46.8 Å². The summed E-state index contributed by atoms with van der Waals surface area (Å²) >= 11 is 5.98. The Kier molecular flexibility index (Phi) is 4.97. The van der Waals surface area contributed by atoms with Crippen LogP contribution >= 0.6 is 11.6 Å². The van der Waals surface area contributed by atoms with E-state index < -0.39 is 0 Å². The Balaban J connectivity index is 2.73. The largest absolute Gasteiger partial charge is 0.316 e. The van der Waals surface area contributed by atoms with Crippen molar-refractivity contribution in [3.8, 4) is 0 Å². The lowest BCUT2D eigenvalue weighted by Crippen LogP contribution is -2.27. The van der Waals surface area contributed by atoms with Crippen molar-refractivity contribution in [3.63, 3.8) is 0 Å². The van der Waals surface area contributed by atoms with Crippen molar-refractivity contribution < 1.29 is 4.39 Å². The Labute approximate surface area is 101 Å². The SMILES string of the molecule is C=C(C)CC(Cc1ccc(F)cc1Cl)NC. The third-order valence-corrected chi connectivity index (χ3v) is 2.84. The first kappa shape index (κ1) is 13.2. The molecule has 0 fully saturated rings. The first-order valence-corrected chi connectivity index (χ1v) is 5.66. The minimum atomic E-state index is -0.297. The summed E-state index contributed by atoms with van der Waals surface area (Å²) in [5, 5.41) is 3.70. The maximum Gasteiger partial charge on any atom is 0.124 e. The molecule has 0 bridgehead atoms. The van der Waals surface area contributed by atoms with Crippen LogP contribution in [0.1, 0.15) is 18.9 Å². The average Bonchev–Trinajstić information content (AvgIpc) is 2.20. The molecular weight excluding hydrogens is 225 g/mol. The van der Waals surface area contributed by atoms with Gasteiger partial charge in [-0.3, -0.25) is 0 Å². The number of halogens is 2. The van der Waals surface area contributed by atoms with Crippen LogP contribution in [0.3, 0.4) is 0 Å². The molecule has 1 rings (SSSR count). The zero-order valence-corrected chi connectivity index (χ0v) is 10.4. The maximum absolute atomic E-state index is 12.9. The van der Waals surface area contributed by atoms with Crippen molar-refractivity contribution in [2.24, 2.45) is 0 Å². The zero-order chi connectivity index (χ0) is 12.1. The van der Waals surface area contributed by atoms with Gasteiger partial charge in [0.1, 0.15) is 5.82 Å². The molecule has 0 amide bonds. The van der Waals surface area contributed by atoms with E-state index in [4.69, 9.17) is 11.6 Å². The molecule has 1 atom stereocenters. The predicted octanol–water partition coefficient (Wildman–Crippen LogP) is 3.58. The Bertz CT molecular complexity index is 376. The summed E-state index contributed by atoms with van der Waals surface area (Å²) in [7, 11) is 1.91. The van der Waals surface area contributed by atoms with Gasteiger partial charge < -0.3 is 5.32 Å². The van der Waals surface area contributed by atoms with E-state index in [2.05, 4.69) is 11.9 Å². The summed E-state index contributed by atoms with van der Waals surface area (Å²) in [6.07, 6.45) is 1.67. The van der Waals surface area contributed by atoms with Gasteiger partial charge in [-0.1, -0.05) is 23.2 Å². The van der Waals surface area contributed by atoms with Crippen molar-refractivity contribution in [2.45, 2.75) is 25.8 Å². The fourth-order valence-corrected chi connectivity index (χ4v) is 1.89. The average molecular weight is 242 g/mol. The molecule has 1 nitrogen and oxygen atoms in total. The normalized spacial score (nSPS) is 12.5. The van der Waals surface area contributed by atoms with E-state index in [9.17, 15) is 4.39 Å². The highest BCUT2D eigenvalue weighted by molar-refractivity contribution is 6.31. The maximum atomic E-state index is 12.9. The monoisotopic (exact) mass is 241 g/mol. The van der Waals surface area contributed by atoms with Gasteiger partial charge in [-0.25, -0.2) is 4.39 Å². The Hall–Kier alpha value is -0.860. The van der Waals surface area contributed by atoms with E-state index in [1.807, 2.05) is 14.0 Å². The van der Waals surface area contributed by atoms with E-state index in [0.29, 0.717) is 11.1 Å². The molecule has 0 heterocycles. The van der Waals surface area contributed by atoms with Crippen LogP contribution in [0.25, 0.3) is 0 Å². The predicted molar refractivity (Wildman–Crippen MR) is 67.4 cm³/mol. The van der Waals surface area contributed by atoms with Crippen LogP contribution in [0.2, 0.25) is 5.02 Å². The third kappa shape index (κ3) is 3.95. The van der Waals surface area contributed by atoms with Gasteiger partial charge in [0.2, 0.25) is 0 Å². The molecule has 0 spiro atoms. The van der Waals surface area contributed by atoms with Crippen LogP contribution in [0.5, 0.6) is 0 Å². The lowest BCUT2D eigenvalue weighted by atomic mass is 10.0. The van der Waals surface area contributed by atoms with Gasteiger partial charge >= 0.3 is 0 Å². The molecular formula is C13H17ClFN. The second kappa shape index (κ2) is 6.02. The lowest BCUT2D eigenvalue weighted by molar-refractivity contribution is 0.553. The number of hydrogen-bond donors (Lipinski definition) is 1. The molecule has 88 valence electrons. The highest BCUT2D eigenvalue weighted by Crippen LogP contribution is 2.20. The number of hydrogen-bond acceptors (Lipinski definition) is 1. The molecule has 1 unspecified atom stereocenters. The lowest BCUT2D eigenvalue weighted by Gasteiger charge is -2.17. The van der Waals surface area contributed by atoms with Crippen LogP contribution in [-0.2, 0) is 6.42 Å². The van der Waals surface area contributed by atoms with Gasteiger partial charge in [0.05, 0.1) is 0 Å². The number of benzene rings is 1. The van der Waals surface area contributed by atoms with E-state index in [1.165, 1.54) is 12.1 Å². The second-order valence-corrected chi connectivity index (χ2v) is 4.49. The fraction of sp³-hybridized carbons (Fsp3) is 0.385. The van der Waals surface area contributed by atoms with Gasteiger partial charge in [-0.2, -0.15) is 0 Å². The third-order valence-electron chi connectivity index (χ3n) is 2.48. The Morgan fingerprint density at radius 3 is 2.75 bits per heavy atom. The minimum absolute atomic E-state index is 0.292. The summed E-state index contributed by atoms with van der Waals surface area (Å²) in [4.78, 5) is 0. The fourth-order valence-electron chi connectivity index (χ4n) is 1.65. The molecule has 0 saturated heterocycles. The molecule has 1 aromatic carbocycles. The molecule has 16 heavy (non-hydrogen) atoms. The molecule has 0 radical (unpaired) electrons. The van der Waals surface area contributed by atoms with Crippen molar-refractivity contribution in [1.29, 1.82) is 0 Å². The summed E-state index contributed by atoms with van der Waals surface area (Å²) in [6.45, 7) is 5.88. The molecule has 1 aromatic rings. The van der Waals surface area contributed by atoms with Crippen LogP contribution in [-0.4, -0.2) is 13.1 Å². The van der Waals surface area contributed by atoms with Crippen LogP contribution < -0.4 is 5.32 Å². The van der Waals surface area contributed by atoms with Crippen molar-refractivity contribution in [2.75, 3.05) is 7.05 Å². The molecule has 3 heteroatoms. The molecule has 0 aromatic heterocycles. The summed E-state index contributed by atoms with van der Waals surface area (Å²) in [5.41, 5.74) is 2.08. The second-order valence-electron chi connectivity index (χ2n) is 4.09. The minimum Gasteiger partial charge on any atom is -0.316 e. The highest BCUT2D eigenvalue weighted by atomic mass is 35.5. The van der Waals surface area contributed by atoms with E-state index >= 15 is 0 Å². The Morgan fingerprint density at radius 1 is 1.56 bits per heavy atom. The van der Waals surface area contributed by atoms with Crippen LogP contribution in [0, 0.1) is 5.82 Å². The Morgan fingerprint density at radius 2 is 2.25 bits per heavy atom. The molecule has 0 aliphatic heterocycles. The topological polar surface area (TPSA) is 12.0 Å². The first-order chi connectivity index (χ1) is 7.52. The van der Waals surface area contributed by atoms with Crippen molar-refractivity contribution in [1.82, 2.24) is 5.32 Å². The quantitative estimate of drug-likeness (QED) is 0.777. The number of nitrogens with one attached hydrogen (secondary N) is 1. The van der Waals surface area contributed by atoms with Gasteiger partial charge in [0.25, 0.3) is 0 Å². The van der Waals surface area contributed by atoms with E-state index in [-0.39, 0.29) is 5.82 Å². The summed E-state index contributed by atoms with van der Waals surface area (Å²) < 4.78 is 12.9. The standard InChI is InChI=1S/C13H17ClFN/c1-9(2)6-12(16-3)7-10-4-5-11(15)8-13(10)14/h4-5,8,12,16H,1,6-7H2,2-3H3. The summed E-state index contributed by atoms with van der Waals surface area (Å²) in [5.74, 6) is -0.297. The highest BCUT2D eigenvalue weighted by Gasteiger charge is 2.10. The molecule has 0 aliphatic rings. The molecule has 0 aliphatic carbocycles. The van der Waals surface area contributed by atoms with E-state index in [0.717, 1.165) is 24.0 Å². The molecule has 1 N–H and O–H groups in total. The molecule has 0 saturated carbocycles. The van der Waals surface area contributed by atoms with Gasteiger partial charge in [0.15, 0.2) is 0 Å². The van der Waals surface area contributed by atoms with Crippen molar-refractivity contribution >= 4 is 11.6 Å². The summed E-state index contributed by atoms with van der Waals surface area (Å²) in [6, 6.07) is 4.82.